The number of anilines is 1. The molecular formula is C17H18N2O. The smallest absolute Gasteiger partial charge is 0.249 e. The van der Waals surface area contributed by atoms with E-state index >= 15 is 0 Å². The van der Waals surface area contributed by atoms with Gasteiger partial charge in [0.2, 0.25) is 5.91 Å². The molecule has 3 nitrogen and oxygen atoms in total. The maximum absolute atomic E-state index is 11.4. The zero-order valence-electron chi connectivity index (χ0n) is 11.4. The molecule has 0 saturated heterocycles. The highest BCUT2D eigenvalue weighted by Gasteiger charge is 2.11. The third-order valence-corrected chi connectivity index (χ3v) is 3.86. The Morgan fingerprint density at radius 2 is 1.90 bits per heavy atom. The molecule has 1 amide bonds. The van der Waals surface area contributed by atoms with Gasteiger partial charge >= 0.3 is 0 Å². The lowest BCUT2D eigenvalue weighted by Gasteiger charge is -2.11. The van der Waals surface area contributed by atoms with Gasteiger partial charge < -0.3 is 11.1 Å². The topological polar surface area (TPSA) is 55.1 Å². The van der Waals surface area contributed by atoms with Crippen LogP contribution in [0.5, 0.6) is 0 Å². The zero-order valence-corrected chi connectivity index (χ0v) is 11.4. The van der Waals surface area contributed by atoms with E-state index in [1.54, 1.807) is 6.07 Å². The van der Waals surface area contributed by atoms with Gasteiger partial charge in [0.25, 0.3) is 0 Å². The van der Waals surface area contributed by atoms with Crippen LogP contribution in [0, 0.1) is 0 Å². The third-order valence-electron chi connectivity index (χ3n) is 3.86. The van der Waals surface area contributed by atoms with Crippen LogP contribution in [-0.2, 0) is 19.4 Å². The summed E-state index contributed by atoms with van der Waals surface area (Å²) in [5.74, 6) is -0.378. The molecule has 0 unspecified atom stereocenters. The van der Waals surface area contributed by atoms with E-state index in [-0.39, 0.29) is 5.91 Å². The SMILES string of the molecule is NC(=O)c1ccccc1CNc1ccc2c(c1)CCC2. The van der Waals surface area contributed by atoms with Crippen molar-refractivity contribution in [3.05, 3.63) is 64.7 Å². The lowest BCUT2D eigenvalue weighted by molar-refractivity contribution is 0.0999. The molecular weight excluding hydrogens is 248 g/mol. The van der Waals surface area contributed by atoms with E-state index < -0.39 is 0 Å². The molecule has 1 aliphatic carbocycles. The first-order valence-electron chi connectivity index (χ1n) is 6.97. The Balaban J connectivity index is 1.75. The lowest BCUT2D eigenvalue weighted by atomic mass is 10.1. The van der Waals surface area contributed by atoms with E-state index in [0.29, 0.717) is 12.1 Å². The average Bonchev–Trinajstić information content (AvgIpc) is 2.92. The first kappa shape index (κ1) is 12.7. The number of primary amides is 1. The molecule has 3 heteroatoms. The molecule has 3 rings (SSSR count). The molecule has 0 saturated carbocycles. The summed E-state index contributed by atoms with van der Waals surface area (Å²) in [6.45, 7) is 0.609. The van der Waals surface area contributed by atoms with Crippen molar-refractivity contribution in [3.63, 3.8) is 0 Å². The van der Waals surface area contributed by atoms with Gasteiger partial charge in [-0.1, -0.05) is 24.3 Å². The fraction of sp³-hybridized carbons (Fsp3) is 0.235. The van der Waals surface area contributed by atoms with Crippen LogP contribution in [-0.4, -0.2) is 5.91 Å². The van der Waals surface area contributed by atoms with Crippen molar-refractivity contribution in [1.29, 1.82) is 0 Å². The van der Waals surface area contributed by atoms with Gasteiger partial charge in [0.05, 0.1) is 0 Å². The van der Waals surface area contributed by atoms with Gasteiger partial charge in [-0.25, -0.2) is 0 Å². The van der Waals surface area contributed by atoms with Gasteiger partial charge in [-0.2, -0.15) is 0 Å². The predicted molar refractivity (Wildman–Crippen MR) is 80.8 cm³/mol. The maximum atomic E-state index is 11.4. The van der Waals surface area contributed by atoms with Gasteiger partial charge in [0, 0.05) is 17.8 Å². The Kier molecular flexibility index (Phi) is 3.42. The first-order chi connectivity index (χ1) is 9.74. The van der Waals surface area contributed by atoms with Crippen LogP contribution in [0.3, 0.4) is 0 Å². The minimum atomic E-state index is -0.378. The van der Waals surface area contributed by atoms with Crippen molar-refractivity contribution in [2.45, 2.75) is 25.8 Å². The number of benzene rings is 2. The highest BCUT2D eigenvalue weighted by molar-refractivity contribution is 5.94. The highest BCUT2D eigenvalue weighted by Crippen LogP contribution is 2.25. The van der Waals surface area contributed by atoms with Crippen molar-refractivity contribution in [3.8, 4) is 0 Å². The van der Waals surface area contributed by atoms with Crippen molar-refractivity contribution in [2.75, 3.05) is 5.32 Å². The number of rotatable bonds is 4. The molecule has 3 N–H and O–H groups in total. The second-order valence-electron chi connectivity index (χ2n) is 5.21. The summed E-state index contributed by atoms with van der Waals surface area (Å²) in [5, 5.41) is 3.38. The number of carbonyl (C=O) groups is 1. The quantitative estimate of drug-likeness (QED) is 0.894. The summed E-state index contributed by atoms with van der Waals surface area (Å²) < 4.78 is 0. The molecule has 0 aromatic heterocycles. The largest absolute Gasteiger partial charge is 0.381 e. The van der Waals surface area contributed by atoms with E-state index in [2.05, 4.69) is 23.5 Å². The Morgan fingerprint density at radius 1 is 1.10 bits per heavy atom. The lowest BCUT2D eigenvalue weighted by Crippen LogP contribution is -2.15. The maximum Gasteiger partial charge on any atom is 0.249 e. The van der Waals surface area contributed by atoms with Crippen molar-refractivity contribution >= 4 is 11.6 Å². The molecule has 20 heavy (non-hydrogen) atoms. The number of nitrogens with one attached hydrogen (secondary N) is 1. The Bertz CT molecular complexity index is 649. The number of hydrogen-bond acceptors (Lipinski definition) is 2. The molecule has 0 bridgehead atoms. The number of carbonyl (C=O) groups excluding carboxylic acids is 1. The van der Waals surface area contributed by atoms with E-state index in [1.807, 2.05) is 18.2 Å². The summed E-state index contributed by atoms with van der Waals surface area (Å²) in [4.78, 5) is 11.4. The van der Waals surface area contributed by atoms with Crippen LogP contribution in [0.25, 0.3) is 0 Å². The van der Waals surface area contributed by atoms with Crippen LogP contribution in [0.15, 0.2) is 42.5 Å². The number of amides is 1. The van der Waals surface area contributed by atoms with Gasteiger partial charge in [0.1, 0.15) is 0 Å². The van der Waals surface area contributed by atoms with Crippen LogP contribution < -0.4 is 11.1 Å². The fourth-order valence-corrected chi connectivity index (χ4v) is 2.79. The predicted octanol–water partition coefficient (Wildman–Crippen LogP) is 2.89. The molecule has 0 radical (unpaired) electrons. The highest BCUT2D eigenvalue weighted by atomic mass is 16.1. The van der Waals surface area contributed by atoms with Crippen LogP contribution >= 0.6 is 0 Å². The molecule has 0 heterocycles. The standard InChI is InChI=1S/C17H18N2O/c18-17(20)16-7-2-1-4-14(16)11-19-15-9-8-12-5-3-6-13(12)10-15/h1-2,4,7-10,19H,3,5-6,11H2,(H2,18,20). The Morgan fingerprint density at radius 3 is 2.75 bits per heavy atom. The zero-order chi connectivity index (χ0) is 13.9. The summed E-state index contributed by atoms with van der Waals surface area (Å²) in [6.07, 6.45) is 3.62. The second kappa shape index (κ2) is 5.37. The van der Waals surface area contributed by atoms with Gasteiger partial charge in [0.15, 0.2) is 0 Å². The van der Waals surface area contributed by atoms with Gasteiger partial charge in [-0.15, -0.1) is 0 Å². The van der Waals surface area contributed by atoms with E-state index in [1.165, 1.54) is 30.4 Å². The molecule has 0 spiro atoms. The van der Waals surface area contributed by atoms with Crippen molar-refractivity contribution < 1.29 is 4.79 Å². The summed E-state index contributed by atoms with van der Waals surface area (Å²) in [5.41, 5.74) is 10.9. The van der Waals surface area contributed by atoms with Gasteiger partial charge in [-0.05, 0) is 54.2 Å². The molecule has 102 valence electrons. The van der Waals surface area contributed by atoms with Gasteiger partial charge in [-0.3, -0.25) is 4.79 Å². The van der Waals surface area contributed by atoms with E-state index in [9.17, 15) is 4.79 Å². The fourth-order valence-electron chi connectivity index (χ4n) is 2.79. The molecule has 0 aliphatic heterocycles. The molecule has 0 atom stereocenters. The number of nitrogens with two attached hydrogens (primary N) is 1. The monoisotopic (exact) mass is 266 g/mol. The van der Waals surface area contributed by atoms with Crippen LogP contribution in [0.2, 0.25) is 0 Å². The normalized spacial score (nSPS) is 13.0. The van der Waals surface area contributed by atoms with Crippen molar-refractivity contribution in [2.24, 2.45) is 5.73 Å². The van der Waals surface area contributed by atoms with E-state index in [0.717, 1.165) is 11.3 Å². The molecule has 2 aromatic rings. The van der Waals surface area contributed by atoms with Crippen molar-refractivity contribution in [1.82, 2.24) is 0 Å². The Hall–Kier alpha value is -2.29. The minimum Gasteiger partial charge on any atom is -0.381 e. The van der Waals surface area contributed by atoms with Crippen LogP contribution in [0.1, 0.15) is 33.5 Å². The van der Waals surface area contributed by atoms with Crippen LogP contribution in [0.4, 0.5) is 5.69 Å². The minimum absolute atomic E-state index is 0.378. The number of hydrogen-bond donors (Lipinski definition) is 2. The molecule has 1 aliphatic rings. The summed E-state index contributed by atoms with van der Waals surface area (Å²) in [6, 6.07) is 14.0. The molecule has 0 fully saturated rings. The number of fused-ring (bicyclic) bond motifs is 1. The third kappa shape index (κ3) is 2.52. The summed E-state index contributed by atoms with van der Waals surface area (Å²) in [7, 11) is 0. The Labute approximate surface area is 118 Å². The number of aryl methyl sites for hydroxylation is 2. The first-order valence-corrected chi connectivity index (χ1v) is 6.97. The van der Waals surface area contributed by atoms with E-state index in [4.69, 9.17) is 5.73 Å². The second-order valence-corrected chi connectivity index (χ2v) is 5.21. The average molecular weight is 266 g/mol. The summed E-state index contributed by atoms with van der Waals surface area (Å²) >= 11 is 0. The molecule has 2 aromatic carbocycles.